The molecular weight excluding hydrogens is 195 g/mol. The Morgan fingerprint density at radius 3 is 2.43 bits per heavy atom. The molecule has 1 atom stereocenters. The molecule has 3 heteroatoms. The molecule has 0 heterocycles. The highest BCUT2D eigenvalue weighted by Gasteiger charge is 2.18. The molecule has 1 unspecified atom stereocenters. The van der Waals surface area contributed by atoms with Crippen molar-refractivity contribution in [1.82, 2.24) is 0 Å². The van der Waals surface area contributed by atoms with E-state index in [9.17, 15) is 9.46 Å². The summed E-state index contributed by atoms with van der Waals surface area (Å²) < 4.78 is 11.8. The Labute approximate surface area is 84.7 Å². The number of hydrogen-bond donors (Lipinski definition) is 1. The fourth-order valence-electron chi connectivity index (χ4n) is 1.07. The van der Waals surface area contributed by atoms with Crippen molar-refractivity contribution in [2.75, 3.05) is 6.16 Å². The quantitative estimate of drug-likeness (QED) is 0.615. The number of allylic oxidation sites excluding steroid dienone is 2. The monoisotopic (exact) mass is 210 g/mol. The molecule has 76 valence electrons. The lowest BCUT2D eigenvalue weighted by Crippen LogP contribution is -2.05. The smallest absolute Gasteiger partial charge is 0.233 e. The first-order chi connectivity index (χ1) is 6.52. The summed E-state index contributed by atoms with van der Waals surface area (Å²) in [6.45, 7) is 3.84. The molecule has 2 nitrogen and oxygen atoms in total. The number of benzene rings is 1. The zero-order valence-corrected chi connectivity index (χ0v) is 9.37. The summed E-state index contributed by atoms with van der Waals surface area (Å²) >= 11 is 0. The van der Waals surface area contributed by atoms with Crippen LogP contribution in [0.5, 0.6) is 0 Å². The van der Waals surface area contributed by atoms with Gasteiger partial charge < -0.3 is 4.89 Å². The molecule has 0 aliphatic rings. The first-order valence-electron chi connectivity index (χ1n) is 4.53. The van der Waals surface area contributed by atoms with E-state index in [1.54, 1.807) is 30.3 Å². The van der Waals surface area contributed by atoms with Crippen molar-refractivity contribution in [2.24, 2.45) is 0 Å². The van der Waals surface area contributed by atoms with Crippen LogP contribution in [0.1, 0.15) is 13.8 Å². The predicted molar refractivity (Wildman–Crippen MR) is 60.2 cm³/mol. The van der Waals surface area contributed by atoms with Crippen LogP contribution in [0.25, 0.3) is 0 Å². The van der Waals surface area contributed by atoms with Gasteiger partial charge in [0.2, 0.25) is 7.37 Å². The van der Waals surface area contributed by atoms with Crippen molar-refractivity contribution < 1.29 is 9.46 Å². The van der Waals surface area contributed by atoms with E-state index in [0.717, 1.165) is 5.57 Å². The Balaban J connectivity index is 2.87. The molecule has 1 N–H and O–H groups in total. The van der Waals surface area contributed by atoms with Crippen LogP contribution in [-0.2, 0) is 4.57 Å². The summed E-state index contributed by atoms with van der Waals surface area (Å²) in [6.07, 6.45) is 2.02. The average molecular weight is 210 g/mol. The average Bonchev–Trinajstić information content (AvgIpc) is 2.16. The molecule has 1 aromatic carbocycles. The van der Waals surface area contributed by atoms with Gasteiger partial charge in [-0.15, -0.1) is 0 Å². The second kappa shape index (κ2) is 4.59. The van der Waals surface area contributed by atoms with Crippen molar-refractivity contribution in [1.29, 1.82) is 0 Å². The van der Waals surface area contributed by atoms with E-state index >= 15 is 0 Å². The molecule has 1 aromatic rings. The Bertz CT molecular complexity index is 364. The van der Waals surface area contributed by atoms with E-state index < -0.39 is 7.37 Å². The van der Waals surface area contributed by atoms with Gasteiger partial charge in [-0.1, -0.05) is 29.8 Å². The van der Waals surface area contributed by atoms with Crippen LogP contribution in [-0.4, -0.2) is 11.1 Å². The third-order valence-corrected chi connectivity index (χ3v) is 3.69. The van der Waals surface area contributed by atoms with Crippen LogP contribution in [0.4, 0.5) is 0 Å². The SMILES string of the molecule is CC(C)=CCP(=O)(O)c1ccccc1. The van der Waals surface area contributed by atoms with Crippen molar-refractivity contribution >= 4 is 12.7 Å². The molecule has 0 bridgehead atoms. The molecule has 0 aromatic heterocycles. The van der Waals surface area contributed by atoms with Crippen LogP contribution in [0.15, 0.2) is 42.0 Å². The Kier molecular flexibility index (Phi) is 3.68. The van der Waals surface area contributed by atoms with Crippen LogP contribution < -0.4 is 5.30 Å². The summed E-state index contributed by atoms with van der Waals surface area (Å²) in [5.41, 5.74) is 1.07. The van der Waals surface area contributed by atoms with Gasteiger partial charge in [0, 0.05) is 11.5 Å². The normalized spacial score (nSPS) is 14.5. The van der Waals surface area contributed by atoms with E-state index in [1.165, 1.54) is 0 Å². The Morgan fingerprint density at radius 1 is 1.36 bits per heavy atom. The lowest BCUT2D eigenvalue weighted by Gasteiger charge is -2.09. The molecule has 0 amide bonds. The van der Waals surface area contributed by atoms with Crippen LogP contribution in [0.2, 0.25) is 0 Å². The van der Waals surface area contributed by atoms with E-state index in [2.05, 4.69) is 0 Å². The highest BCUT2D eigenvalue weighted by Crippen LogP contribution is 2.39. The summed E-state index contributed by atoms with van der Waals surface area (Å²) in [7, 11) is -3.18. The second-order valence-corrected chi connectivity index (χ2v) is 5.79. The van der Waals surface area contributed by atoms with Crippen molar-refractivity contribution in [3.8, 4) is 0 Å². The summed E-state index contributed by atoms with van der Waals surface area (Å²) in [4.78, 5) is 9.75. The van der Waals surface area contributed by atoms with Gasteiger partial charge in [-0.2, -0.15) is 0 Å². The molecule has 0 spiro atoms. The zero-order valence-electron chi connectivity index (χ0n) is 8.47. The molecule has 14 heavy (non-hydrogen) atoms. The molecule has 0 aliphatic heterocycles. The fourth-order valence-corrected chi connectivity index (χ4v) is 2.53. The summed E-state index contributed by atoms with van der Waals surface area (Å²) in [5, 5.41) is 0.525. The van der Waals surface area contributed by atoms with Gasteiger partial charge in [0.15, 0.2) is 0 Å². The molecular formula is C11H15O2P. The van der Waals surface area contributed by atoms with Gasteiger partial charge in [0.1, 0.15) is 0 Å². The van der Waals surface area contributed by atoms with Crippen LogP contribution >= 0.6 is 7.37 Å². The lowest BCUT2D eigenvalue weighted by molar-refractivity contribution is 0.493. The number of rotatable bonds is 3. The molecule has 0 radical (unpaired) electrons. The van der Waals surface area contributed by atoms with Gasteiger partial charge in [0.25, 0.3) is 0 Å². The van der Waals surface area contributed by atoms with Crippen molar-refractivity contribution in [2.45, 2.75) is 13.8 Å². The van der Waals surface area contributed by atoms with Gasteiger partial charge in [-0.25, -0.2) is 0 Å². The van der Waals surface area contributed by atoms with Crippen LogP contribution in [0.3, 0.4) is 0 Å². The highest BCUT2D eigenvalue weighted by molar-refractivity contribution is 7.66. The minimum atomic E-state index is -3.18. The largest absolute Gasteiger partial charge is 0.341 e. The Morgan fingerprint density at radius 2 is 1.93 bits per heavy atom. The maximum absolute atomic E-state index is 11.8. The topological polar surface area (TPSA) is 37.3 Å². The highest BCUT2D eigenvalue weighted by atomic mass is 31.2. The molecule has 0 fully saturated rings. The fraction of sp³-hybridized carbons (Fsp3) is 0.273. The minimum absolute atomic E-state index is 0.222. The first kappa shape index (κ1) is 11.2. The van der Waals surface area contributed by atoms with E-state index in [0.29, 0.717) is 5.30 Å². The van der Waals surface area contributed by atoms with Gasteiger partial charge in [-0.05, 0) is 26.0 Å². The third-order valence-electron chi connectivity index (χ3n) is 1.91. The molecule has 0 saturated heterocycles. The molecule has 0 aliphatic carbocycles. The van der Waals surface area contributed by atoms with Gasteiger partial charge in [0.05, 0.1) is 0 Å². The maximum Gasteiger partial charge on any atom is 0.233 e. The van der Waals surface area contributed by atoms with E-state index in [4.69, 9.17) is 0 Å². The lowest BCUT2D eigenvalue weighted by atomic mass is 10.3. The van der Waals surface area contributed by atoms with Crippen molar-refractivity contribution in [3.63, 3.8) is 0 Å². The van der Waals surface area contributed by atoms with E-state index in [-0.39, 0.29) is 6.16 Å². The van der Waals surface area contributed by atoms with E-state index in [1.807, 2.05) is 19.9 Å². The summed E-state index contributed by atoms with van der Waals surface area (Å²) in [6, 6.07) is 8.78. The molecule has 0 saturated carbocycles. The second-order valence-electron chi connectivity index (χ2n) is 3.50. The third kappa shape index (κ3) is 3.13. The van der Waals surface area contributed by atoms with Crippen LogP contribution in [0, 0.1) is 0 Å². The van der Waals surface area contributed by atoms with Gasteiger partial charge >= 0.3 is 0 Å². The minimum Gasteiger partial charge on any atom is -0.341 e. The zero-order chi connectivity index (χ0) is 10.6. The van der Waals surface area contributed by atoms with Gasteiger partial charge in [-0.3, -0.25) is 4.57 Å². The summed E-state index contributed by atoms with van der Waals surface area (Å²) in [5.74, 6) is 0. The van der Waals surface area contributed by atoms with Crippen molar-refractivity contribution in [3.05, 3.63) is 42.0 Å². The molecule has 1 rings (SSSR count). The predicted octanol–water partition coefficient (Wildman–Crippen LogP) is 2.55. The standard InChI is InChI=1S/C11H15O2P/c1-10(2)8-9-14(12,13)11-6-4-3-5-7-11/h3-8H,9H2,1-2H3,(H,12,13). The maximum atomic E-state index is 11.8. The Hall–Kier alpha value is -0.850. The number of hydrogen-bond acceptors (Lipinski definition) is 1. The first-order valence-corrected chi connectivity index (χ1v) is 6.37.